The fraction of sp³-hybridized carbons (Fsp3) is 0.143. The maximum atomic E-state index is 13.7. The third-order valence-electron chi connectivity index (χ3n) is 2.80. The molecule has 0 saturated heterocycles. The topological polar surface area (TPSA) is 81.4 Å². The highest BCUT2D eigenvalue weighted by Crippen LogP contribution is 2.25. The molecule has 0 radical (unpaired) electrons. The molecular formula is C14H15FN2O3S. The zero-order valence-electron chi connectivity index (χ0n) is 11.6. The molecule has 0 aliphatic rings. The van der Waals surface area contributed by atoms with Gasteiger partial charge in [0.15, 0.2) is 0 Å². The number of ether oxygens (including phenoxy) is 1. The van der Waals surface area contributed by atoms with E-state index in [2.05, 4.69) is 4.72 Å². The Bertz CT molecular complexity index is 756. The summed E-state index contributed by atoms with van der Waals surface area (Å²) in [6.07, 6.45) is 0. The second-order valence-corrected chi connectivity index (χ2v) is 6.21. The number of sulfonamides is 1. The zero-order valence-corrected chi connectivity index (χ0v) is 12.4. The van der Waals surface area contributed by atoms with Crippen molar-refractivity contribution >= 4 is 21.4 Å². The molecule has 0 aliphatic heterocycles. The van der Waals surface area contributed by atoms with Crippen LogP contribution in [0.3, 0.4) is 0 Å². The summed E-state index contributed by atoms with van der Waals surface area (Å²) in [5, 5.41) is 0. The molecule has 5 nitrogen and oxygen atoms in total. The monoisotopic (exact) mass is 310 g/mol. The van der Waals surface area contributed by atoms with Gasteiger partial charge in [0.25, 0.3) is 10.0 Å². The van der Waals surface area contributed by atoms with Crippen LogP contribution in [0.1, 0.15) is 5.56 Å². The van der Waals surface area contributed by atoms with E-state index in [0.29, 0.717) is 17.0 Å². The van der Waals surface area contributed by atoms with Crippen molar-refractivity contribution in [1.29, 1.82) is 0 Å². The number of hydrogen-bond donors (Lipinski definition) is 2. The summed E-state index contributed by atoms with van der Waals surface area (Å²) in [7, 11) is -2.52. The lowest BCUT2D eigenvalue weighted by Gasteiger charge is -2.11. The molecule has 0 aromatic heterocycles. The van der Waals surface area contributed by atoms with E-state index in [-0.39, 0.29) is 10.6 Å². The van der Waals surface area contributed by atoms with Crippen molar-refractivity contribution in [2.75, 3.05) is 17.6 Å². The molecule has 0 heterocycles. The summed E-state index contributed by atoms with van der Waals surface area (Å²) >= 11 is 0. The standard InChI is InChI=1S/C14H15FN2O3S/c1-9-5-10(16)7-12(6-9)21(18,19)17-14-8-11(20-2)3-4-13(14)15/h3-8,17H,16H2,1-2H3. The van der Waals surface area contributed by atoms with Gasteiger partial charge in [-0.2, -0.15) is 0 Å². The fourth-order valence-corrected chi connectivity index (χ4v) is 3.04. The second kappa shape index (κ2) is 5.61. The molecule has 0 bridgehead atoms. The van der Waals surface area contributed by atoms with E-state index >= 15 is 0 Å². The van der Waals surface area contributed by atoms with Crippen molar-refractivity contribution in [3.8, 4) is 5.75 Å². The molecule has 3 N–H and O–H groups in total. The summed E-state index contributed by atoms with van der Waals surface area (Å²) < 4.78 is 45.4. The van der Waals surface area contributed by atoms with Crippen LogP contribution in [0.15, 0.2) is 41.3 Å². The number of nitrogens with two attached hydrogens (primary N) is 1. The normalized spacial score (nSPS) is 11.2. The van der Waals surface area contributed by atoms with Crippen LogP contribution in [0.25, 0.3) is 0 Å². The Balaban J connectivity index is 2.41. The highest BCUT2D eigenvalue weighted by Gasteiger charge is 2.17. The van der Waals surface area contributed by atoms with E-state index in [9.17, 15) is 12.8 Å². The van der Waals surface area contributed by atoms with Gasteiger partial charge in [-0.15, -0.1) is 0 Å². The Morgan fingerprint density at radius 3 is 2.52 bits per heavy atom. The van der Waals surface area contributed by atoms with Gasteiger partial charge >= 0.3 is 0 Å². The minimum atomic E-state index is -3.93. The van der Waals surface area contributed by atoms with E-state index in [0.717, 1.165) is 6.07 Å². The Morgan fingerprint density at radius 2 is 1.90 bits per heavy atom. The van der Waals surface area contributed by atoms with Crippen LogP contribution in [0.2, 0.25) is 0 Å². The SMILES string of the molecule is COc1ccc(F)c(NS(=O)(=O)c2cc(C)cc(N)c2)c1. The third-order valence-corrected chi connectivity index (χ3v) is 4.15. The fourth-order valence-electron chi connectivity index (χ4n) is 1.84. The molecule has 0 unspecified atom stereocenters. The summed E-state index contributed by atoms with van der Waals surface area (Å²) in [5.74, 6) is -0.349. The number of nitrogen functional groups attached to an aromatic ring is 1. The van der Waals surface area contributed by atoms with Gasteiger partial charge in [-0.05, 0) is 42.8 Å². The molecule has 21 heavy (non-hydrogen) atoms. The van der Waals surface area contributed by atoms with Gasteiger partial charge in [0.05, 0.1) is 17.7 Å². The van der Waals surface area contributed by atoms with Crippen molar-refractivity contribution in [3.05, 3.63) is 47.8 Å². The largest absolute Gasteiger partial charge is 0.497 e. The molecule has 2 rings (SSSR count). The van der Waals surface area contributed by atoms with Gasteiger partial charge in [-0.1, -0.05) is 0 Å². The molecule has 0 aliphatic carbocycles. The summed E-state index contributed by atoms with van der Waals surface area (Å²) in [4.78, 5) is -0.0257. The maximum Gasteiger partial charge on any atom is 0.262 e. The molecule has 112 valence electrons. The molecule has 0 saturated carbocycles. The average Bonchev–Trinajstić information content (AvgIpc) is 2.40. The van der Waals surface area contributed by atoms with Crippen molar-refractivity contribution in [2.45, 2.75) is 11.8 Å². The van der Waals surface area contributed by atoms with Crippen LogP contribution in [0.4, 0.5) is 15.8 Å². The summed E-state index contributed by atoms with van der Waals surface area (Å²) in [6, 6.07) is 8.21. The van der Waals surface area contributed by atoms with Crippen LogP contribution in [0.5, 0.6) is 5.75 Å². The lowest BCUT2D eigenvalue weighted by Crippen LogP contribution is -2.14. The first kappa shape index (κ1) is 15.1. The van der Waals surface area contributed by atoms with E-state index in [1.165, 1.54) is 31.4 Å². The molecule has 0 fully saturated rings. The predicted molar refractivity (Wildman–Crippen MR) is 79.4 cm³/mol. The first-order chi connectivity index (χ1) is 9.81. The maximum absolute atomic E-state index is 13.7. The number of nitrogens with one attached hydrogen (secondary N) is 1. The Morgan fingerprint density at radius 1 is 1.19 bits per heavy atom. The van der Waals surface area contributed by atoms with Crippen molar-refractivity contribution in [1.82, 2.24) is 0 Å². The number of methoxy groups -OCH3 is 1. The van der Waals surface area contributed by atoms with Crippen LogP contribution < -0.4 is 15.2 Å². The predicted octanol–water partition coefficient (Wildman–Crippen LogP) is 2.53. The number of benzene rings is 2. The minimum absolute atomic E-state index is 0.0257. The smallest absolute Gasteiger partial charge is 0.262 e. The number of anilines is 2. The quantitative estimate of drug-likeness (QED) is 0.850. The molecular weight excluding hydrogens is 295 g/mol. The molecule has 0 spiro atoms. The van der Waals surface area contributed by atoms with Gasteiger partial charge in [0, 0.05) is 11.8 Å². The number of halogens is 1. The molecule has 7 heteroatoms. The van der Waals surface area contributed by atoms with Gasteiger partial charge in [0.2, 0.25) is 0 Å². The number of aryl methyl sites for hydroxylation is 1. The molecule has 0 amide bonds. The number of rotatable bonds is 4. The highest BCUT2D eigenvalue weighted by atomic mass is 32.2. The number of hydrogen-bond acceptors (Lipinski definition) is 4. The van der Waals surface area contributed by atoms with Crippen LogP contribution in [-0.4, -0.2) is 15.5 Å². The molecule has 0 atom stereocenters. The highest BCUT2D eigenvalue weighted by molar-refractivity contribution is 7.92. The summed E-state index contributed by atoms with van der Waals surface area (Å²) in [6.45, 7) is 1.72. The van der Waals surface area contributed by atoms with Crippen molar-refractivity contribution < 1.29 is 17.5 Å². The third kappa shape index (κ3) is 3.43. The first-order valence-corrected chi connectivity index (χ1v) is 7.53. The van der Waals surface area contributed by atoms with Crippen LogP contribution in [0, 0.1) is 12.7 Å². The lowest BCUT2D eigenvalue weighted by molar-refractivity contribution is 0.414. The van der Waals surface area contributed by atoms with Gasteiger partial charge < -0.3 is 10.5 Å². The minimum Gasteiger partial charge on any atom is -0.497 e. The Kier molecular flexibility index (Phi) is 4.04. The van der Waals surface area contributed by atoms with Crippen LogP contribution >= 0.6 is 0 Å². The van der Waals surface area contributed by atoms with E-state index < -0.39 is 15.8 Å². The van der Waals surface area contributed by atoms with E-state index in [4.69, 9.17) is 10.5 Å². The van der Waals surface area contributed by atoms with Crippen molar-refractivity contribution in [3.63, 3.8) is 0 Å². The molecule has 2 aromatic rings. The first-order valence-electron chi connectivity index (χ1n) is 6.05. The van der Waals surface area contributed by atoms with Gasteiger partial charge in [-0.25, -0.2) is 12.8 Å². The lowest BCUT2D eigenvalue weighted by atomic mass is 10.2. The Hall–Kier alpha value is -2.28. The second-order valence-electron chi connectivity index (χ2n) is 4.53. The van der Waals surface area contributed by atoms with E-state index in [1.54, 1.807) is 13.0 Å². The molecule has 2 aromatic carbocycles. The van der Waals surface area contributed by atoms with Gasteiger partial charge in [-0.3, -0.25) is 4.72 Å². The Labute approximate surface area is 122 Å². The zero-order chi connectivity index (χ0) is 15.6. The van der Waals surface area contributed by atoms with E-state index in [1.807, 2.05) is 0 Å². The average molecular weight is 310 g/mol. The van der Waals surface area contributed by atoms with Gasteiger partial charge in [0.1, 0.15) is 11.6 Å². The van der Waals surface area contributed by atoms with Crippen LogP contribution in [-0.2, 0) is 10.0 Å². The summed E-state index contributed by atoms with van der Waals surface area (Å²) in [5.41, 5.74) is 6.47. The van der Waals surface area contributed by atoms with Crippen molar-refractivity contribution in [2.24, 2.45) is 0 Å².